The fraction of sp³-hybridized carbons (Fsp3) is 0.409. The molecule has 0 radical (unpaired) electrons. The predicted octanol–water partition coefficient (Wildman–Crippen LogP) is 3.37. The van der Waals surface area contributed by atoms with Gasteiger partial charge in [0.05, 0.1) is 4.90 Å². The maximum atomic E-state index is 12.7. The smallest absolute Gasteiger partial charge is 0.175 e. The van der Waals surface area contributed by atoms with Gasteiger partial charge in [-0.15, -0.1) is 0 Å². The molecule has 0 heterocycles. The second-order valence-corrected chi connectivity index (χ2v) is 9.96. The van der Waals surface area contributed by atoms with Crippen LogP contribution in [0.25, 0.3) is 0 Å². The van der Waals surface area contributed by atoms with Crippen molar-refractivity contribution < 1.29 is 13.2 Å². The first-order valence-electron chi connectivity index (χ1n) is 9.56. The molecule has 2 fully saturated rings. The third kappa shape index (κ3) is 4.66. The third-order valence-electron chi connectivity index (χ3n) is 5.51. The summed E-state index contributed by atoms with van der Waals surface area (Å²) in [4.78, 5) is 12.9. The van der Waals surface area contributed by atoms with Crippen molar-refractivity contribution in [3.63, 3.8) is 0 Å². The monoisotopic (exact) mass is 383 g/mol. The molecule has 0 aromatic heterocycles. The number of rotatable bonds is 8. The zero-order chi connectivity index (χ0) is 19.0. The third-order valence-corrected chi connectivity index (χ3v) is 6.64. The number of hydrogen-bond donors (Lipinski definition) is 1. The van der Waals surface area contributed by atoms with E-state index >= 15 is 0 Å². The summed E-state index contributed by atoms with van der Waals surface area (Å²) in [5, 5.41) is 3.64. The molecule has 27 heavy (non-hydrogen) atoms. The van der Waals surface area contributed by atoms with Gasteiger partial charge < -0.3 is 5.32 Å². The second-order valence-electron chi connectivity index (χ2n) is 7.94. The molecule has 2 atom stereocenters. The van der Waals surface area contributed by atoms with Gasteiger partial charge in [0, 0.05) is 30.2 Å². The lowest BCUT2D eigenvalue weighted by atomic mass is 10.00. The molecule has 0 saturated heterocycles. The number of carbonyl (C=O) groups excluding carboxylic acids is 1. The van der Waals surface area contributed by atoms with Crippen molar-refractivity contribution in [2.24, 2.45) is 5.92 Å². The Hall–Kier alpha value is -1.98. The van der Waals surface area contributed by atoms with Gasteiger partial charge in [-0.05, 0) is 61.1 Å². The summed E-state index contributed by atoms with van der Waals surface area (Å²) in [6.45, 7) is 1.13. The van der Waals surface area contributed by atoms with Crippen LogP contribution in [0.4, 0.5) is 0 Å². The molecule has 0 amide bonds. The van der Waals surface area contributed by atoms with Crippen molar-refractivity contribution in [2.45, 2.75) is 42.5 Å². The Labute approximate surface area is 160 Å². The van der Waals surface area contributed by atoms with E-state index in [2.05, 4.69) is 11.4 Å². The highest BCUT2D eigenvalue weighted by atomic mass is 32.2. The maximum Gasteiger partial charge on any atom is 0.175 e. The van der Waals surface area contributed by atoms with Gasteiger partial charge in [0.1, 0.15) is 0 Å². The molecule has 2 aliphatic carbocycles. The van der Waals surface area contributed by atoms with E-state index in [4.69, 9.17) is 0 Å². The van der Waals surface area contributed by atoms with Crippen molar-refractivity contribution in [1.29, 1.82) is 0 Å². The molecular weight excluding hydrogens is 358 g/mol. The molecule has 2 aromatic rings. The number of sulfone groups is 1. The van der Waals surface area contributed by atoms with Gasteiger partial charge in [-0.2, -0.15) is 0 Å². The van der Waals surface area contributed by atoms with E-state index in [-0.39, 0.29) is 17.1 Å². The van der Waals surface area contributed by atoms with Crippen LogP contribution in [0.15, 0.2) is 53.4 Å². The molecule has 2 aromatic carbocycles. The topological polar surface area (TPSA) is 63.2 Å². The summed E-state index contributed by atoms with van der Waals surface area (Å²) in [6.07, 6.45) is 5.33. The Morgan fingerprint density at radius 1 is 1.11 bits per heavy atom. The Morgan fingerprint density at radius 2 is 1.85 bits per heavy atom. The van der Waals surface area contributed by atoms with Crippen LogP contribution >= 0.6 is 0 Å². The van der Waals surface area contributed by atoms with Crippen molar-refractivity contribution in [1.82, 2.24) is 5.32 Å². The Balaban J connectivity index is 1.39. The van der Waals surface area contributed by atoms with Gasteiger partial charge in [-0.25, -0.2) is 8.42 Å². The van der Waals surface area contributed by atoms with Crippen molar-refractivity contribution >= 4 is 15.6 Å². The van der Waals surface area contributed by atoms with E-state index in [0.717, 1.165) is 30.0 Å². The van der Waals surface area contributed by atoms with E-state index in [9.17, 15) is 13.2 Å². The molecule has 5 heteroatoms. The lowest BCUT2D eigenvalue weighted by molar-refractivity contribution is 0.0993. The maximum absolute atomic E-state index is 12.7. The molecule has 4 nitrogen and oxygen atoms in total. The normalized spacial score (nSPS) is 21.8. The average Bonchev–Trinajstić information content (AvgIpc) is 3.54. The van der Waals surface area contributed by atoms with Crippen LogP contribution in [-0.2, 0) is 16.3 Å². The summed E-state index contributed by atoms with van der Waals surface area (Å²) < 4.78 is 23.1. The number of Topliss-reactive ketones (excluding diaryl/α,β-unsaturated/α-hetero) is 1. The van der Waals surface area contributed by atoms with E-state index in [0.29, 0.717) is 12.0 Å². The molecule has 4 rings (SSSR count). The van der Waals surface area contributed by atoms with Crippen molar-refractivity contribution in [2.75, 3.05) is 12.8 Å². The molecule has 2 saturated carbocycles. The molecular formula is C22H25NO3S. The van der Waals surface area contributed by atoms with E-state index in [1.165, 1.54) is 24.7 Å². The first-order chi connectivity index (χ1) is 12.9. The van der Waals surface area contributed by atoms with Gasteiger partial charge in [0.25, 0.3) is 0 Å². The van der Waals surface area contributed by atoms with Crippen LogP contribution in [0.2, 0.25) is 0 Å². The molecule has 142 valence electrons. The van der Waals surface area contributed by atoms with Gasteiger partial charge in [0.15, 0.2) is 15.6 Å². The fourth-order valence-electron chi connectivity index (χ4n) is 3.51. The highest BCUT2D eigenvalue weighted by Gasteiger charge is 2.39. The number of benzene rings is 2. The van der Waals surface area contributed by atoms with Crippen LogP contribution in [0, 0.1) is 5.92 Å². The number of carbonyl (C=O) groups is 1. The molecule has 0 spiro atoms. The van der Waals surface area contributed by atoms with Gasteiger partial charge >= 0.3 is 0 Å². The molecule has 0 bridgehead atoms. The summed E-state index contributed by atoms with van der Waals surface area (Å²) in [7, 11) is -3.21. The zero-order valence-electron chi connectivity index (χ0n) is 15.5. The summed E-state index contributed by atoms with van der Waals surface area (Å²) >= 11 is 0. The Bertz CT molecular complexity index is 946. The summed E-state index contributed by atoms with van der Waals surface area (Å²) in [5.41, 5.74) is 2.79. The minimum absolute atomic E-state index is 0.0621. The van der Waals surface area contributed by atoms with Crippen LogP contribution in [-0.4, -0.2) is 33.0 Å². The van der Waals surface area contributed by atoms with E-state index < -0.39 is 9.84 Å². The van der Waals surface area contributed by atoms with Crippen LogP contribution in [0.5, 0.6) is 0 Å². The Morgan fingerprint density at radius 3 is 2.52 bits per heavy atom. The molecule has 2 unspecified atom stereocenters. The average molecular weight is 384 g/mol. The van der Waals surface area contributed by atoms with Gasteiger partial charge in [-0.1, -0.05) is 30.3 Å². The fourth-order valence-corrected chi connectivity index (χ4v) is 4.14. The lowest BCUT2D eigenvalue weighted by Crippen LogP contribution is -2.20. The SMILES string of the molecule is CS(=O)(=O)c1ccc(CC(=O)c2cccc(C3CC3NCC3CC3)c2)cc1. The predicted molar refractivity (Wildman–Crippen MR) is 106 cm³/mol. The van der Waals surface area contributed by atoms with Crippen molar-refractivity contribution in [3.05, 3.63) is 65.2 Å². The molecule has 0 aliphatic heterocycles. The summed E-state index contributed by atoms with van der Waals surface area (Å²) in [5.74, 6) is 1.46. The molecule has 2 aliphatic rings. The Kier molecular flexibility index (Phi) is 4.91. The van der Waals surface area contributed by atoms with Crippen LogP contribution < -0.4 is 5.32 Å². The highest BCUT2D eigenvalue weighted by Crippen LogP contribution is 2.41. The quantitative estimate of drug-likeness (QED) is 0.710. The first-order valence-corrected chi connectivity index (χ1v) is 11.4. The number of hydrogen-bond acceptors (Lipinski definition) is 4. The van der Waals surface area contributed by atoms with E-state index in [1.807, 2.05) is 18.2 Å². The standard InChI is InChI=1S/C22H25NO3S/c1-27(25,26)19-9-7-15(8-10-19)11-22(24)18-4-2-3-17(12-18)20-13-21(20)23-14-16-5-6-16/h2-4,7-10,12,16,20-21,23H,5-6,11,13-14H2,1H3. The van der Waals surface area contributed by atoms with Crippen LogP contribution in [0.3, 0.4) is 0 Å². The zero-order valence-corrected chi connectivity index (χ0v) is 16.3. The largest absolute Gasteiger partial charge is 0.313 e. The second kappa shape index (κ2) is 7.21. The first kappa shape index (κ1) is 18.4. The van der Waals surface area contributed by atoms with E-state index in [1.54, 1.807) is 24.3 Å². The van der Waals surface area contributed by atoms with Gasteiger partial charge in [0.2, 0.25) is 0 Å². The van der Waals surface area contributed by atoms with Gasteiger partial charge in [-0.3, -0.25) is 4.79 Å². The number of ketones is 1. The van der Waals surface area contributed by atoms with Crippen molar-refractivity contribution in [3.8, 4) is 0 Å². The minimum atomic E-state index is -3.21. The number of nitrogens with one attached hydrogen (secondary N) is 1. The molecule has 1 N–H and O–H groups in total. The summed E-state index contributed by atoms with van der Waals surface area (Å²) in [6, 6.07) is 15.1. The highest BCUT2D eigenvalue weighted by molar-refractivity contribution is 7.90. The minimum Gasteiger partial charge on any atom is -0.313 e. The van der Waals surface area contributed by atoms with Crippen LogP contribution in [0.1, 0.15) is 46.7 Å². The lowest BCUT2D eigenvalue weighted by Gasteiger charge is -2.07.